The van der Waals surface area contributed by atoms with Crippen molar-refractivity contribution in [1.82, 2.24) is 10.3 Å². The maximum atomic E-state index is 12.0. The third-order valence-electron chi connectivity index (χ3n) is 4.56. The minimum atomic E-state index is 0. The van der Waals surface area contributed by atoms with Crippen LogP contribution < -0.4 is 11.1 Å². The van der Waals surface area contributed by atoms with Gasteiger partial charge in [-0.2, -0.15) is 0 Å². The fourth-order valence-electron chi connectivity index (χ4n) is 3.30. The average molecular weight is 322 g/mol. The Balaban J connectivity index is 0.00000176. The number of aromatic nitrogens is 1. The second-order valence-electron chi connectivity index (χ2n) is 6.02. The lowest BCUT2D eigenvalue weighted by Gasteiger charge is -2.14. The van der Waals surface area contributed by atoms with Gasteiger partial charge in [-0.3, -0.25) is 4.79 Å². The van der Waals surface area contributed by atoms with Crippen LogP contribution in [0, 0.1) is 5.92 Å². The summed E-state index contributed by atoms with van der Waals surface area (Å²) in [4.78, 5) is 15.2. The molecular weight excluding hydrogens is 298 g/mol. The highest BCUT2D eigenvalue weighted by molar-refractivity contribution is 5.85. The first-order chi connectivity index (χ1) is 10.2. The zero-order valence-electron chi connectivity index (χ0n) is 12.7. The van der Waals surface area contributed by atoms with Crippen LogP contribution in [0.1, 0.15) is 31.2 Å². The number of halogens is 1. The Kier molecular flexibility index (Phi) is 5.86. The van der Waals surface area contributed by atoms with E-state index in [0.717, 1.165) is 31.2 Å². The summed E-state index contributed by atoms with van der Waals surface area (Å²) in [7, 11) is 0. The van der Waals surface area contributed by atoms with Gasteiger partial charge in [-0.05, 0) is 36.8 Å². The van der Waals surface area contributed by atoms with E-state index in [-0.39, 0.29) is 24.4 Å². The number of nitrogens with two attached hydrogens (primary N) is 1. The number of benzene rings is 1. The molecule has 1 amide bonds. The summed E-state index contributed by atoms with van der Waals surface area (Å²) in [6, 6.07) is 8.46. The van der Waals surface area contributed by atoms with Gasteiger partial charge in [0.1, 0.15) is 0 Å². The summed E-state index contributed by atoms with van der Waals surface area (Å²) in [6.45, 7) is 0.683. The predicted molar refractivity (Wildman–Crippen MR) is 92.2 cm³/mol. The lowest BCUT2D eigenvalue weighted by atomic mass is 10.00. The molecule has 0 saturated heterocycles. The van der Waals surface area contributed by atoms with Crippen LogP contribution in [-0.2, 0) is 11.2 Å². The van der Waals surface area contributed by atoms with Gasteiger partial charge >= 0.3 is 0 Å². The molecule has 4 nitrogen and oxygen atoms in total. The van der Waals surface area contributed by atoms with E-state index >= 15 is 0 Å². The van der Waals surface area contributed by atoms with Crippen molar-refractivity contribution in [3.63, 3.8) is 0 Å². The van der Waals surface area contributed by atoms with E-state index in [1.54, 1.807) is 0 Å². The Morgan fingerprint density at radius 3 is 2.91 bits per heavy atom. The molecular formula is C17H24ClN3O. The monoisotopic (exact) mass is 321 g/mol. The molecule has 0 bridgehead atoms. The van der Waals surface area contributed by atoms with Gasteiger partial charge in [-0.25, -0.2) is 0 Å². The average Bonchev–Trinajstić information content (AvgIpc) is 3.07. The maximum absolute atomic E-state index is 12.0. The van der Waals surface area contributed by atoms with E-state index in [2.05, 4.69) is 22.4 Å². The Bertz CT molecular complexity index is 625. The van der Waals surface area contributed by atoms with Crippen molar-refractivity contribution in [1.29, 1.82) is 0 Å². The zero-order valence-corrected chi connectivity index (χ0v) is 13.5. The molecule has 4 N–H and O–H groups in total. The quantitative estimate of drug-likeness (QED) is 0.792. The fourth-order valence-corrected chi connectivity index (χ4v) is 3.30. The number of hydrogen-bond donors (Lipinski definition) is 3. The molecule has 22 heavy (non-hydrogen) atoms. The summed E-state index contributed by atoms with van der Waals surface area (Å²) in [6.07, 6.45) is 6.78. The van der Waals surface area contributed by atoms with Gasteiger partial charge in [0.25, 0.3) is 0 Å². The Morgan fingerprint density at radius 2 is 2.14 bits per heavy atom. The molecule has 1 aromatic carbocycles. The van der Waals surface area contributed by atoms with Gasteiger partial charge in [-0.1, -0.05) is 24.6 Å². The molecule has 0 spiro atoms. The van der Waals surface area contributed by atoms with Crippen molar-refractivity contribution in [3.05, 3.63) is 36.0 Å². The molecule has 5 heteroatoms. The molecule has 1 aliphatic rings. The van der Waals surface area contributed by atoms with E-state index in [4.69, 9.17) is 5.73 Å². The minimum Gasteiger partial charge on any atom is -0.361 e. The van der Waals surface area contributed by atoms with Crippen LogP contribution in [0.5, 0.6) is 0 Å². The number of carbonyl (C=O) groups excluding carboxylic acids is 1. The van der Waals surface area contributed by atoms with Crippen molar-refractivity contribution in [2.24, 2.45) is 11.7 Å². The van der Waals surface area contributed by atoms with Crippen LogP contribution >= 0.6 is 12.4 Å². The van der Waals surface area contributed by atoms with Crippen LogP contribution in [-0.4, -0.2) is 23.5 Å². The van der Waals surface area contributed by atoms with Crippen LogP contribution in [0.4, 0.5) is 0 Å². The zero-order chi connectivity index (χ0) is 14.7. The first-order valence-corrected chi connectivity index (χ1v) is 7.81. The predicted octanol–water partition coefficient (Wildman–Crippen LogP) is 2.77. The molecule has 1 saturated carbocycles. The maximum Gasteiger partial charge on any atom is 0.220 e. The van der Waals surface area contributed by atoms with Crippen molar-refractivity contribution >= 4 is 29.2 Å². The van der Waals surface area contributed by atoms with Gasteiger partial charge in [0, 0.05) is 36.1 Å². The second-order valence-corrected chi connectivity index (χ2v) is 6.02. The summed E-state index contributed by atoms with van der Waals surface area (Å²) in [5.74, 6) is 0.510. The molecule has 1 aliphatic carbocycles. The van der Waals surface area contributed by atoms with Crippen molar-refractivity contribution in [2.45, 2.75) is 38.1 Å². The van der Waals surface area contributed by atoms with Crippen molar-refractivity contribution < 1.29 is 4.79 Å². The number of fused-ring (bicyclic) bond motifs is 1. The lowest BCUT2D eigenvalue weighted by Crippen LogP contribution is -2.32. The largest absolute Gasteiger partial charge is 0.361 e. The molecule has 0 unspecified atom stereocenters. The number of H-pyrrole nitrogens is 1. The summed E-state index contributed by atoms with van der Waals surface area (Å²) < 4.78 is 0. The second kappa shape index (κ2) is 7.65. The number of para-hydroxylation sites is 1. The van der Waals surface area contributed by atoms with Crippen molar-refractivity contribution in [2.75, 3.05) is 6.54 Å². The van der Waals surface area contributed by atoms with E-state index in [9.17, 15) is 4.79 Å². The Labute approximate surface area is 137 Å². The highest BCUT2D eigenvalue weighted by Crippen LogP contribution is 2.26. The summed E-state index contributed by atoms with van der Waals surface area (Å²) >= 11 is 0. The molecule has 1 heterocycles. The molecule has 3 rings (SSSR count). The Hall–Kier alpha value is -1.52. The third-order valence-corrected chi connectivity index (χ3v) is 4.56. The number of hydrogen-bond acceptors (Lipinski definition) is 2. The highest BCUT2D eigenvalue weighted by atomic mass is 35.5. The van der Waals surface area contributed by atoms with E-state index in [1.807, 2.05) is 18.3 Å². The van der Waals surface area contributed by atoms with Gasteiger partial charge in [0.2, 0.25) is 5.91 Å². The topological polar surface area (TPSA) is 70.9 Å². The third kappa shape index (κ3) is 3.81. The first-order valence-electron chi connectivity index (χ1n) is 7.81. The number of nitrogens with one attached hydrogen (secondary N) is 2. The van der Waals surface area contributed by atoms with Crippen molar-refractivity contribution in [3.8, 4) is 0 Å². The van der Waals surface area contributed by atoms with E-state index < -0.39 is 0 Å². The van der Waals surface area contributed by atoms with Gasteiger partial charge in [0.15, 0.2) is 0 Å². The van der Waals surface area contributed by atoms with E-state index in [0.29, 0.717) is 18.9 Å². The first kappa shape index (κ1) is 16.8. The standard InChI is InChI=1S/C17H23N3O.ClH/c18-15-6-3-4-12(15)10-17(21)19-9-8-13-11-20-16-7-2-1-5-14(13)16;/h1-2,5,7,11-12,15,20H,3-4,6,8-10,18H2,(H,19,21);1H/t12-,15+;/m0./s1. The number of amides is 1. The highest BCUT2D eigenvalue weighted by Gasteiger charge is 2.25. The molecule has 1 fully saturated rings. The number of carbonyl (C=O) groups is 1. The number of aromatic amines is 1. The Morgan fingerprint density at radius 1 is 1.32 bits per heavy atom. The molecule has 2 aromatic rings. The van der Waals surface area contributed by atoms with Gasteiger partial charge < -0.3 is 16.0 Å². The van der Waals surface area contributed by atoms with Crippen LogP contribution in [0.3, 0.4) is 0 Å². The minimum absolute atomic E-state index is 0. The van der Waals surface area contributed by atoms with Gasteiger partial charge in [0.05, 0.1) is 0 Å². The molecule has 0 radical (unpaired) electrons. The lowest BCUT2D eigenvalue weighted by molar-refractivity contribution is -0.122. The molecule has 0 aliphatic heterocycles. The van der Waals surface area contributed by atoms with Crippen LogP contribution in [0.15, 0.2) is 30.5 Å². The fraction of sp³-hybridized carbons (Fsp3) is 0.471. The smallest absolute Gasteiger partial charge is 0.220 e. The molecule has 2 atom stereocenters. The normalized spacial score (nSPS) is 20.8. The molecule has 1 aromatic heterocycles. The molecule has 120 valence electrons. The van der Waals surface area contributed by atoms with Gasteiger partial charge in [-0.15, -0.1) is 12.4 Å². The van der Waals surface area contributed by atoms with Crippen LogP contribution in [0.2, 0.25) is 0 Å². The summed E-state index contributed by atoms with van der Waals surface area (Å²) in [5, 5.41) is 4.27. The SMILES string of the molecule is Cl.N[C@@H]1CCC[C@H]1CC(=O)NCCc1c[nH]c2ccccc12. The summed E-state index contributed by atoms with van der Waals surface area (Å²) in [5.41, 5.74) is 8.41. The van der Waals surface area contributed by atoms with E-state index in [1.165, 1.54) is 10.9 Å². The number of rotatable bonds is 5. The van der Waals surface area contributed by atoms with Crippen LogP contribution in [0.25, 0.3) is 10.9 Å².